The quantitative estimate of drug-likeness (QED) is 0.215. The van der Waals surface area contributed by atoms with Crippen LogP contribution in [0.25, 0.3) is 44.2 Å². The summed E-state index contributed by atoms with van der Waals surface area (Å²) >= 11 is 0. The number of rotatable bonds is 5. The maximum Gasteiger partial charge on any atom is 0.143 e. The molecule has 204 valence electrons. The zero-order chi connectivity index (χ0) is 28.7. The van der Waals surface area contributed by atoms with E-state index in [0.29, 0.717) is 0 Å². The summed E-state index contributed by atoms with van der Waals surface area (Å²) in [6.07, 6.45) is 0. The highest BCUT2D eigenvalue weighted by Crippen LogP contribution is 2.40. The number of hydrogen-bond donors (Lipinski definition) is 0. The van der Waals surface area contributed by atoms with E-state index in [0.717, 1.165) is 50.1 Å². The zero-order valence-corrected chi connectivity index (χ0v) is 24.2. The van der Waals surface area contributed by atoms with E-state index in [1.165, 1.54) is 16.7 Å². The normalized spacial score (nSPS) is 11.7. The molecule has 0 N–H and O–H groups in total. The molecule has 0 saturated carbocycles. The molecule has 0 aliphatic heterocycles. The third-order valence-corrected chi connectivity index (χ3v) is 8.04. The first-order valence-corrected chi connectivity index (χ1v) is 14.5. The van der Waals surface area contributed by atoms with Crippen molar-refractivity contribution in [2.45, 2.75) is 26.2 Å². The van der Waals surface area contributed by atoms with Crippen molar-refractivity contribution in [1.29, 1.82) is 0 Å². The summed E-state index contributed by atoms with van der Waals surface area (Å²) in [7, 11) is 0. The lowest BCUT2D eigenvalue weighted by Gasteiger charge is -2.27. The van der Waals surface area contributed by atoms with Gasteiger partial charge in [-0.15, -0.1) is 0 Å². The molecule has 0 bridgehead atoms. The molecule has 2 nitrogen and oxygen atoms in total. The first kappa shape index (κ1) is 25.9. The molecule has 1 heterocycles. The lowest BCUT2D eigenvalue weighted by Crippen LogP contribution is -2.13. The van der Waals surface area contributed by atoms with E-state index in [4.69, 9.17) is 4.42 Å². The van der Waals surface area contributed by atoms with E-state index in [1.807, 2.05) is 12.1 Å². The number of para-hydroxylation sites is 2. The molecular weight excluding hydrogens is 510 g/mol. The van der Waals surface area contributed by atoms with Crippen LogP contribution in [-0.4, -0.2) is 0 Å². The topological polar surface area (TPSA) is 16.4 Å². The minimum Gasteiger partial charge on any atom is -0.455 e. The average Bonchev–Trinajstić information content (AvgIpc) is 3.41. The van der Waals surface area contributed by atoms with Gasteiger partial charge in [0.15, 0.2) is 0 Å². The largest absolute Gasteiger partial charge is 0.455 e. The first-order chi connectivity index (χ1) is 20.5. The fraction of sp³-hybridized carbons (Fsp3) is 0.100. The van der Waals surface area contributed by atoms with Gasteiger partial charge in [-0.1, -0.05) is 124 Å². The van der Waals surface area contributed by atoms with Crippen molar-refractivity contribution in [3.05, 3.63) is 151 Å². The van der Waals surface area contributed by atoms with Crippen LogP contribution in [0, 0.1) is 0 Å². The zero-order valence-electron chi connectivity index (χ0n) is 24.2. The van der Waals surface area contributed by atoms with E-state index in [1.54, 1.807) is 0 Å². The predicted octanol–water partition coefficient (Wildman–Crippen LogP) is 11.7. The third kappa shape index (κ3) is 4.76. The smallest absolute Gasteiger partial charge is 0.143 e. The van der Waals surface area contributed by atoms with Gasteiger partial charge >= 0.3 is 0 Å². The molecular formula is C40H33NO. The minimum atomic E-state index is 0.0892. The molecule has 0 saturated heterocycles. The van der Waals surface area contributed by atoms with Crippen LogP contribution < -0.4 is 4.90 Å². The molecule has 0 atom stereocenters. The molecule has 0 amide bonds. The van der Waals surface area contributed by atoms with Gasteiger partial charge in [0.2, 0.25) is 0 Å². The van der Waals surface area contributed by atoms with Crippen molar-refractivity contribution in [3.8, 4) is 22.3 Å². The summed E-state index contributed by atoms with van der Waals surface area (Å²) in [6, 6.07) is 51.8. The molecule has 6 aromatic carbocycles. The number of fused-ring (bicyclic) bond motifs is 3. The highest BCUT2D eigenvalue weighted by atomic mass is 16.3. The van der Waals surface area contributed by atoms with Gasteiger partial charge in [0.05, 0.1) is 0 Å². The van der Waals surface area contributed by atoms with Gasteiger partial charge in [-0.05, 0) is 70.1 Å². The molecule has 0 unspecified atom stereocenters. The van der Waals surface area contributed by atoms with E-state index in [9.17, 15) is 0 Å². The Morgan fingerprint density at radius 2 is 1.07 bits per heavy atom. The predicted molar refractivity (Wildman–Crippen MR) is 178 cm³/mol. The molecule has 7 rings (SSSR count). The SMILES string of the molecule is CC(C)(C)c1ccc(N(c2ccc(-c3ccccc3)cc2)c2cccc(-c3cccc4c3oc3ccccc34)c2)cc1. The second-order valence-corrected chi connectivity index (χ2v) is 11.9. The number of anilines is 3. The highest BCUT2D eigenvalue weighted by molar-refractivity contribution is 6.09. The lowest BCUT2D eigenvalue weighted by molar-refractivity contribution is 0.590. The maximum absolute atomic E-state index is 6.39. The Morgan fingerprint density at radius 1 is 0.476 bits per heavy atom. The molecule has 0 aliphatic rings. The van der Waals surface area contributed by atoms with Gasteiger partial charge in [-0.25, -0.2) is 0 Å². The van der Waals surface area contributed by atoms with E-state index < -0.39 is 0 Å². The summed E-state index contributed by atoms with van der Waals surface area (Å²) in [5.41, 5.74) is 11.2. The van der Waals surface area contributed by atoms with Crippen LogP contribution in [0.5, 0.6) is 0 Å². The Labute approximate surface area is 247 Å². The van der Waals surface area contributed by atoms with E-state index >= 15 is 0 Å². The average molecular weight is 544 g/mol. The van der Waals surface area contributed by atoms with Gasteiger partial charge in [0.1, 0.15) is 11.2 Å². The van der Waals surface area contributed by atoms with Crippen molar-refractivity contribution in [1.82, 2.24) is 0 Å². The Morgan fingerprint density at radius 3 is 1.81 bits per heavy atom. The van der Waals surface area contributed by atoms with Gasteiger partial charge in [-0.2, -0.15) is 0 Å². The molecule has 0 radical (unpaired) electrons. The fourth-order valence-electron chi connectivity index (χ4n) is 5.78. The Bertz CT molecular complexity index is 1990. The summed E-state index contributed by atoms with van der Waals surface area (Å²) < 4.78 is 6.39. The Balaban J connectivity index is 1.35. The van der Waals surface area contributed by atoms with E-state index in [-0.39, 0.29) is 5.41 Å². The molecule has 2 heteroatoms. The van der Waals surface area contributed by atoms with Crippen LogP contribution in [0.3, 0.4) is 0 Å². The summed E-state index contributed by atoms with van der Waals surface area (Å²) in [6.45, 7) is 6.76. The minimum absolute atomic E-state index is 0.0892. The first-order valence-electron chi connectivity index (χ1n) is 14.5. The molecule has 7 aromatic rings. The van der Waals surface area contributed by atoms with Crippen LogP contribution in [0.2, 0.25) is 0 Å². The lowest BCUT2D eigenvalue weighted by atomic mass is 9.87. The summed E-state index contributed by atoms with van der Waals surface area (Å²) in [5.74, 6) is 0. The van der Waals surface area contributed by atoms with Crippen molar-refractivity contribution < 1.29 is 4.42 Å². The summed E-state index contributed by atoms with van der Waals surface area (Å²) in [5, 5.41) is 2.28. The second kappa shape index (κ2) is 10.4. The number of benzene rings is 6. The van der Waals surface area contributed by atoms with E-state index in [2.05, 4.69) is 159 Å². The number of nitrogens with zero attached hydrogens (tertiary/aromatic N) is 1. The molecule has 1 aromatic heterocycles. The van der Waals surface area contributed by atoms with Crippen LogP contribution >= 0.6 is 0 Å². The van der Waals surface area contributed by atoms with Crippen molar-refractivity contribution in [2.24, 2.45) is 0 Å². The maximum atomic E-state index is 6.39. The molecule has 0 aliphatic carbocycles. The van der Waals surface area contributed by atoms with Crippen molar-refractivity contribution in [3.63, 3.8) is 0 Å². The van der Waals surface area contributed by atoms with Gasteiger partial charge in [0.25, 0.3) is 0 Å². The number of furan rings is 1. The Hall–Kier alpha value is -5.08. The summed E-state index contributed by atoms with van der Waals surface area (Å²) in [4.78, 5) is 2.34. The Kier molecular flexibility index (Phi) is 6.40. The second-order valence-electron chi connectivity index (χ2n) is 11.9. The van der Waals surface area contributed by atoms with Crippen LogP contribution in [0.4, 0.5) is 17.1 Å². The molecule has 42 heavy (non-hydrogen) atoms. The van der Waals surface area contributed by atoms with Crippen molar-refractivity contribution in [2.75, 3.05) is 4.90 Å². The van der Waals surface area contributed by atoms with Crippen LogP contribution in [0.1, 0.15) is 26.3 Å². The number of hydrogen-bond acceptors (Lipinski definition) is 2. The highest BCUT2D eigenvalue weighted by Gasteiger charge is 2.18. The molecule has 0 spiro atoms. The van der Waals surface area contributed by atoms with Gasteiger partial charge in [-0.3, -0.25) is 0 Å². The standard InChI is InChI=1S/C40H33NO/c1-40(2,3)31-21-25-33(26-22-31)41(32-23-19-29(20-24-32)28-11-5-4-6-12-28)34-14-9-13-30(27-34)35-16-10-17-37-36-15-7-8-18-38(36)42-39(35)37/h4-27H,1-3H3. The van der Waals surface area contributed by atoms with Crippen molar-refractivity contribution >= 4 is 39.0 Å². The third-order valence-electron chi connectivity index (χ3n) is 8.04. The van der Waals surface area contributed by atoms with Crippen LogP contribution in [0.15, 0.2) is 150 Å². The van der Waals surface area contributed by atoms with Crippen LogP contribution in [-0.2, 0) is 5.41 Å². The molecule has 0 fully saturated rings. The van der Waals surface area contributed by atoms with Gasteiger partial charge in [0, 0.05) is 33.4 Å². The monoisotopic (exact) mass is 543 g/mol. The van der Waals surface area contributed by atoms with Gasteiger partial charge < -0.3 is 9.32 Å². The fourth-order valence-corrected chi connectivity index (χ4v) is 5.78.